The van der Waals surface area contributed by atoms with Gasteiger partial charge in [0.15, 0.2) is 0 Å². The first kappa shape index (κ1) is 16.2. The number of para-hydroxylation sites is 1. The third-order valence-electron chi connectivity index (χ3n) is 4.28. The summed E-state index contributed by atoms with van der Waals surface area (Å²) in [6, 6.07) is 9.50. The summed E-state index contributed by atoms with van der Waals surface area (Å²) in [6.07, 6.45) is 4.13. The molecule has 0 radical (unpaired) electrons. The van der Waals surface area contributed by atoms with Crippen molar-refractivity contribution < 1.29 is 14.7 Å². The van der Waals surface area contributed by atoms with Gasteiger partial charge in [-0.1, -0.05) is 18.2 Å². The van der Waals surface area contributed by atoms with Crippen LogP contribution in [0.1, 0.15) is 36.3 Å². The molecular formula is C17H20N4O3. The molecule has 1 saturated heterocycles. The molecule has 126 valence electrons. The number of piperidine rings is 1. The van der Waals surface area contributed by atoms with Gasteiger partial charge < -0.3 is 10.0 Å². The summed E-state index contributed by atoms with van der Waals surface area (Å²) >= 11 is 0. The van der Waals surface area contributed by atoms with E-state index in [0.717, 1.165) is 18.5 Å². The van der Waals surface area contributed by atoms with E-state index < -0.39 is 5.97 Å². The van der Waals surface area contributed by atoms with Gasteiger partial charge in [0.25, 0.3) is 5.91 Å². The minimum atomic E-state index is -0.790. The van der Waals surface area contributed by atoms with E-state index in [-0.39, 0.29) is 24.1 Å². The Kier molecular flexibility index (Phi) is 4.88. The summed E-state index contributed by atoms with van der Waals surface area (Å²) in [4.78, 5) is 29.2. The van der Waals surface area contributed by atoms with Crippen LogP contribution in [-0.4, -0.2) is 49.7 Å². The smallest absolute Gasteiger partial charge is 0.303 e. The van der Waals surface area contributed by atoms with Crippen molar-refractivity contribution in [2.75, 3.05) is 13.1 Å². The highest BCUT2D eigenvalue weighted by atomic mass is 16.4. The standard InChI is InChI=1S/C17H20N4O3/c22-15(23)9-8-13-5-4-10-20(11-13)17(24)16-18-12-21(19-16)14-6-2-1-3-7-14/h1-3,6-7,12-13H,4-5,8-11H2,(H,22,23). The molecule has 1 aromatic carbocycles. The molecule has 3 rings (SSSR count). The normalized spacial score (nSPS) is 17.7. The predicted molar refractivity (Wildman–Crippen MR) is 86.9 cm³/mol. The van der Waals surface area contributed by atoms with E-state index in [1.165, 1.54) is 6.33 Å². The molecule has 7 nitrogen and oxygen atoms in total. The number of aliphatic carboxylic acids is 1. The van der Waals surface area contributed by atoms with E-state index in [1.54, 1.807) is 9.58 Å². The summed E-state index contributed by atoms with van der Waals surface area (Å²) in [6.45, 7) is 1.24. The van der Waals surface area contributed by atoms with E-state index in [2.05, 4.69) is 10.1 Å². The Hall–Kier alpha value is -2.70. The first-order valence-corrected chi connectivity index (χ1v) is 8.11. The number of carboxylic acids is 1. The molecule has 2 heterocycles. The van der Waals surface area contributed by atoms with E-state index in [0.29, 0.717) is 19.5 Å². The van der Waals surface area contributed by atoms with Gasteiger partial charge in [-0.05, 0) is 37.3 Å². The lowest BCUT2D eigenvalue weighted by atomic mass is 9.93. The zero-order valence-corrected chi connectivity index (χ0v) is 13.3. The molecule has 1 N–H and O–H groups in total. The highest BCUT2D eigenvalue weighted by Gasteiger charge is 2.27. The minimum absolute atomic E-state index is 0.146. The van der Waals surface area contributed by atoms with Crippen molar-refractivity contribution in [3.05, 3.63) is 42.5 Å². The summed E-state index contributed by atoms with van der Waals surface area (Å²) in [5.41, 5.74) is 0.849. The average molecular weight is 328 g/mol. The Balaban J connectivity index is 1.66. The van der Waals surface area contributed by atoms with E-state index in [1.807, 2.05) is 30.3 Å². The number of hydrogen-bond acceptors (Lipinski definition) is 4. The van der Waals surface area contributed by atoms with Crippen molar-refractivity contribution in [1.29, 1.82) is 0 Å². The third-order valence-corrected chi connectivity index (χ3v) is 4.28. The largest absolute Gasteiger partial charge is 0.481 e. The summed E-state index contributed by atoms with van der Waals surface area (Å²) < 4.78 is 1.58. The number of likely N-dealkylation sites (tertiary alicyclic amines) is 1. The monoisotopic (exact) mass is 328 g/mol. The molecule has 1 aliphatic heterocycles. The fraction of sp³-hybridized carbons (Fsp3) is 0.412. The zero-order chi connectivity index (χ0) is 16.9. The molecular weight excluding hydrogens is 308 g/mol. The molecule has 0 spiro atoms. The van der Waals surface area contributed by atoms with Crippen LogP contribution >= 0.6 is 0 Å². The number of benzene rings is 1. The van der Waals surface area contributed by atoms with Gasteiger partial charge in [0.05, 0.1) is 5.69 Å². The van der Waals surface area contributed by atoms with Gasteiger partial charge in [-0.3, -0.25) is 9.59 Å². The van der Waals surface area contributed by atoms with Crippen LogP contribution in [0.5, 0.6) is 0 Å². The minimum Gasteiger partial charge on any atom is -0.481 e. The van der Waals surface area contributed by atoms with Crippen molar-refractivity contribution in [1.82, 2.24) is 19.7 Å². The molecule has 1 unspecified atom stereocenters. The van der Waals surface area contributed by atoms with Crippen LogP contribution in [0.25, 0.3) is 5.69 Å². The number of carboxylic acid groups (broad SMARTS) is 1. The molecule has 0 saturated carbocycles. The molecule has 2 aromatic rings. The Labute approximate surface area is 139 Å². The van der Waals surface area contributed by atoms with Gasteiger partial charge in [0.2, 0.25) is 5.82 Å². The fourth-order valence-corrected chi connectivity index (χ4v) is 3.02. The molecule has 1 aromatic heterocycles. The van der Waals surface area contributed by atoms with E-state index in [4.69, 9.17) is 5.11 Å². The first-order chi connectivity index (χ1) is 11.6. The van der Waals surface area contributed by atoms with Crippen molar-refractivity contribution in [3.8, 4) is 5.69 Å². The van der Waals surface area contributed by atoms with Gasteiger partial charge in [0, 0.05) is 19.5 Å². The van der Waals surface area contributed by atoms with Crippen LogP contribution in [0.2, 0.25) is 0 Å². The second-order valence-corrected chi connectivity index (χ2v) is 6.04. The van der Waals surface area contributed by atoms with Crippen LogP contribution in [0.4, 0.5) is 0 Å². The number of nitrogens with zero attached hydrogens (tertiary/aromatic N) is 4. The predicted octanol–water partition coefficient (Wildman–Crippen LogP) is 1.98. The van der Waals surface area contributed by atoms with Crippen molar-refractivity contribution in [3.63, 3.8) is 0 Å². The van der Waals surface area contributed by atoms with Gasteiger partial charge in [-0.15, -0.1) is 5.10 Å². The van der Waals surface area contributed by atoms with Crippen molar-refractivity contribution in [2.45, 2.75) is 25.7 Å². The van der Waals surface area contributed by atoms with Gasteiger partial charge in [-0.2, -0.15) is 0 Å². The Morgan fingerprint density at radius 3 is 2.79 bits per heavy atom. The maximum Gasteiger partial charge on any atom is 0.303 e. The van der Waals surface area contributed by atoms with Crippen LogP contribution in [0.15, 0.2) is 36.7 Å². The summed E-state index contributed by atoms with van der Waals surface area (Å²) in [5, 5.41) is 13.1. The van der Waals surface area contributed by atoms with Crippen LogP contribution in [0, 0.1) is 5.92 Å². The van der Waals surface area contributed by atoms with Crippen molar-refractivity contribution >= 4 is 11.9 Å². The number of rotatable bonds is 5. The first-order valence-electron chi connectivity index (χ1n) is 8.11. The zero-order valence-electron chi connectivity index (χ0n) is 13.3. The van der Waals surface area contributed by atoms with Gasteiger partial charge in [-0.25, -0.2) is 9.67 Å². The number of hydrogen-bond donors (Lipinski definition) is 1. The van der Waals surface area contributed by atoms with Gasteiger partial charge in [0.1, 0.15) is 6.33 Å². The highest BCUT2D eigenvalue weighted by molar-refractivity contribution is 5.90. The molecule has 24 heavy (non-hydrogen) atoms. The average Bonchev–Trinajstić information content (AvgIpc) is 3.10. The lowest BCUT2D eigenvalue weighted by Gasteiger charge is -2.31. The molecule has 1 amide bonds. The van der Waals surface area contributed by atoms with E-state index >= 15 is 0 Å². The molecule has 1 fully saturated rings. The number of carbonyl (C=O) groups excluding carboxylic acids is 1. The highest BCUT2D eigenvalue weighted by Crippen LogP contribution is 2.22. The fourth-order valence-electron chi connectivity index (χ4n) is 3.02. The SMILES string of the molecule is O=C(O)CCC1CCCN(C(=O)c2ncn(-c3ccccc3)n2)C1. The Morgan fingerprint density at radius 2 is 2.04 bits per heavy atom. The Bertz CT molecular complexity index is 714. The van der Waals surface area contributed by atoms with E-state index in [9.17, 15) is 9.59 Å². The van der Waals surface area contributed by atoms with Gasteiger partial charge >= 0.3 is 5.97 Å². The lowest BCUT2D eigenvalue weighted by Crippen LogP contribution is -2.40. The molecule has 1 atom stereocenters. The molecule has 0 aliphatic carbocycles. The number of amides is 1. The third kappa shape index (κ3) is 3.79. The summed E-state index contributed by atoms with van der Waals surface area (Å²) in [5.74, 6) is -0.570. The van der Waals surface area contributed by atoms with Crippen LogP contribution in [0.3, 0.4) is 0 Å². The lowest BCUT2D eigenvalue weighted by molar-refractivity contribution is -0.137. The Morgan fingerprint density at radius 1 is 1.25 bits per heavy atom. The quantitative estimate of drug-likeness (QED) is 0.906. The van der Waals surface area contributed by atoms with Crippen molar-refractivity contribution in [2.24, 2.45) is 5.92 Å². The number of carbonyl (C=O) groups is 2. The topological polar surface area (TPSA) is 88.3 Å². The second kappa shape index (κ2) is 7.25. The van der Waals surface area contributed by atoms with Crippen LogP contribution < -0.4 is 0 Å². The molecule has 7 heteroatoms. The number of aromatic nitrogens is 3. The molecule has 0 bridgehead atoms. The maximum atomic E-state index is 12.6. The maximum absolute atomic E-state index is 12.6. The second-order valence-electron chi connectivity index (χ2n) is 6.04. The summed E-state index contributed by atoms with van der Waals surface area (Å²) in [7, 11) is 0. The molecule has 1 aliphatic rings. The van der Waals surface area contributed by atoms with Crippen LogP contribution in [-0.2, 0) is 4.79 Å².